The molecule has 0 spiro atoms. The molecule has 0 aromatic heterocycles. The van der Waals surface area contributed by atoms with Gasteiger partial charge in [0.15, 0.2) is 6.29 Å². The Morgan fingerprint density at radius 2 is 2.22 bits per heavy atom. The normalized spacial score (nSPS) is 12.7. The molecule has 0 heterocycles. The van der Waals surface area contributed by atoms with E-state index in [0.717, 1.165) is 0 Å². The van der Waals surface area contributed by atoms with Crippen LogP contribution in [-0.2, 0) is 9.59 Å². The summed E-state index contributed by atoms with van der Waals surface area (Å²) in [5, 5.41) is 0. The summed E-state index contributed by atoms with van der Waals surface area (Å²) >= 11 is 0. The van der Waals surface area contributed by atoms with Crippen molar-refractivity contribution in [3.63, 3.8) is 0 Å². The Labute approximate surface area is 53.2 Å². The maximum absolute atomic E-state index is 10.4. The lowest BCUT2D eigenvalue weighted by atomic mass is 10.1. The molecular formula is C5H10N2O2. The van der Waals surface area contributed by atoms with Crippen molar-refractivity contribution in [3.05, 3.63) is 0 Å². The maximum atomic E-state index is 10.4. The fourth-order valence-electron chi connectivity index (χ4n) is 0.409. The highest BCUT2D eigenvalue weighted by Gasteiger charge is 2.09. The first kappa shape index (κ1) is 8.26. The molecule has 0 saturated carbocycles. The van der Waals surface area contributed by atoms with Crippen molar-refractivity contribution in [2.45, 2.75) is 12.5 Å². The molecule has 0 fully saturated rings. The minimum Gasteiger partial charge on any atom is -0.330 e. The van der Waals surface area contributed by atoms with E-state index < -0.39 is 11.8 Å². The molecule has 4 nitrogen and oxygen atoms in total. The van der Waals surface area contributed by atoms with Crippen LogP contribution in [0.25, 0.3) is 0 Å². The third kappa shape index (κ3) is 2.94. The van der Waals surface area contributed by atoms with Gasteiger partial charge in [0, 0.05) is 0 Å². The van der Waals surface area contributed by atoms with Crippen molar-refractivity contribution in [1.82, 2.24) is 0 Å². The molecule has 0 unspecified atom stereocenters. The summed E-state index contributed by atoms with van der Waals surface area (Å²) in [6.45, 7) is 0.334. The molecule has 9 heavy (non-hydrogen) atoms. The van der Waals surface area contributed by atoms with E-state index in [-0.39, 0.29) is 6.29 Å². The van der Waals surface area contributed by atoms with Crippen LogP contribution >= 0.6 is 0 Å². The molecule has 0 saturated heterocycles. The first-order valence-corrected chi connectivity index (χ1v) is 2.67. The predicted molar refractivity (Wildman–Crippen MR) is 32.7 cm³/mol. The Kier molecular flexibility index (Phi) is 3.83. The van der Waals surface area contributed by atoms with Gasteiger partial charge in [-0.2, -0.15) is 0 Å². The standard InChI is InChI=1S/C5H10N2O2/c6-2-1-4(7)5(9)3-8/h3-4H,1-2,6-7H2/t4-/m0/s1. The van der Waals surface area contributed by atoms with Gasteiger partial charge in [0.1, 0.15) is 0 Å². The Bertz CT molecular complexity index is 114. The number of carbonyl (C=O) groups is 2. The Hall–Kier alpha value is -0.740. The third-order valence-electron chi connectivity index (χ3n) is 0.959. The van der Waals surface area contributed by atoms with E-state index in [4.69, 9.17) is 11.5 Å². The molecule has 0 radical (unpaired) electrons. The van der Waals surface area contributed by atoms with E-state index >= 15 is 0 Å². The third-order valence-corrected chi connectivity index (χ3v) is 0.959. The minimum absolute atomic E-state index is 0.223. The molecule has 4 heteroatoms. The monoisotopic (exact) mass is 130 g/mol. The SMILES string of the molecule is NCC[C@H](N)C(=O)C=O. The van der Waals surface area contributed by atoms with Gasteiger partial charge in [0.25, 0.3) is 0 Å². The zero-order valence-corrected chi connectivity index (χ0v) is 5.04. The van der Waals surface area contributed by atoms with Crippen LogP contribution in [0, 0.1) is 0 Å². The zero-order chi connectivity index (χ0) is 7.28. The van der Waals surface area contributed by atoms with Gasteiger partial charge in [0.05, 0.1) is 6.04 Å². The van der Waals surface area contributed by atoms with Crippen molar-refractivity contribution >= 4 is 12.1 Å². The van der Waals surface area contributed by atoms with Crippen LogP contribution < -0.4 is 11.5 Å². The van der Waals surface area contributed by atoms with Gasteiger partial charge in [-0.15, -0.1) is 0 Å². The van der Waals surface area contributed by atoms with Gasteiger partial charge in [-0.25, -0.2) is 0 Å². The lowest BCUT2D eigenvalue weighted by Gasteiger charge is -2.01. The summed E-state index contributed by atoms with van der Waals surface area (Å²) < 4.78 is 0. The second kappa shape index (κ2) is 4.17. The topological polar surface area (TPSA) is 86.2 Å². The summed E-state index contributed by atoms with van der Waals surface area (Å²) in [5.74, 6) is -0.583. The second-order valence-corrected chi connectivity index (χ2v) is 1.70. The highest BCUT2D eigenvalue weighted by atomic mass is 16.2. The Morgan fingerprint density at radius 3 is 2.56 bits per heavy atom. The number of hydrogen-bond donors (Lipinski definition) is 2. The molecule has 52 valence electrons. The van der Waals surface area contributed by atoms with Crippen LogP contribution in [0.2, 0.25) is 0 Å². The van der Waals surface area contributed by atoms with Crippen molar-refractivity contribution in [3.8, 4) is 0 Å². The average Bonchev–Trinajstić information content (AvgIpc) is 1.87. The number of hydrogen-bond acceptors (Lipinski definition) is 4. The molecule has 4 N–H and O–H groups in total. The molecule has 0 amide bonds. The Morgan fingerprint density at radius 1 is 1.67 bits per heavy atom. The summed E-state index contributed by atoms with van der Waals surface area (Å²) in [6.07, 6.45) is 0.595. The molecule has 1 atom stereocenters. The van der Waals surface area contributed by atoms with Crippen molar-refractivity contribution in [2.75, 3.05) is 6.54 Å². The van der Waals surface area contributed by atoms with Crippen LogP contribution in [0.4, 0.5) is 0 Å². The molecule has 0 aliphatic carbocycles. The first-order valence-electron chi connectivity index (χ1n) is 2.67. The van der Waals surface area contributed by atoms with Gasteiger partial charge in [-0.1, -0.05) is 0 Å². The lowest BCUT2D eigenvalue weighted by molar-refractivity contribution is -0.130. The molecule has 0 rings (SSSR count). The van der Waals surface area contributed by atoms with Crippen LogP contribution in [0.3, 0.4) is 0 Å². The lowest BCUT2D eigenvalue weighted by Crippen LogP contribution is -2.33. The Balaban J connectivity index is 3.58. The van der Waals surface area contributed by atoms with Crippen LogP contribution in [0.1, 0.15) is 6.42 Å². The van der Waals surface area contributed by atoms with E-state index in [9.17, 15) is 9.59 Å². The van der Waals surface area contributed by atoms with Crippen LogP contribution in [0.5, 0.6) is 0 Å². The molecular weight excluding hydrogens is 120 g/mol. The molecule has 0 aromatic rings. The molecule has 0 aromatic carbocycles. The number of nitrogens with two attached hydrogens (primary N) is 2. The van der Waals surface area contributed by atoms with Gasteiger partial charge in [0.2, 0.25) is 5.78 Å². The summed E-state index contributed by atoms with van der Waals surface area (Å²) in [5.41, 5.74) is 10.3. The fourth-order valence-corrected chi connectivity index (χ4v) is 0.409. The van der Waals surface area contributed by atoms with Crippen molar-refractivity contribution < 1.29 is 9.59 Å². The van der Waals surface area contributed by atoms with Gasteiger partial charge in [-0.3, -0.25) is 9.59 Å². The van der Waals surface area contributed by atoms with Gasteiger partial charge >= 0.3 is 0 Å². The smallest absolute Gasteiger partial charge is 0.211 e. The second-order valence-electron chi connectivity index (χ2n) is 1.70. The van der Waals surface area contributed by atoms with E-state index in [1.807, 2.05) is 0 Å². The zero-order valence-electron chi connectivity index (χ0n) is 5.04. The molecule has 0 bridgehead atoms. The van der Waals surface area contributed by atoms with E-state index in [1.165, 1.54) is 0 Å². The summed E-state index contributed by atoms with van der Waals surface area (Å²) in [7, 11) is 0. The van der Waals surface area contributed by atoms with E-state index in [2.05, 4.69) is 0 Å². The van der Waals surface area contributed by atoms with Gasteiger partial charge < -0.3 is 11.5 Å². The van der Waals surface area contributed by atoms with Crippen LogP contribution in [-0.4, -0.2) is 24.7 Å². The number of rotatable bonds is 4. The number of Topliss-reactive ketones (excluding diaryl/α,β-unsaturated/α-hetero) is 1. The largest absolute Gasteiger partial charge is 0.330 e. The fraction of sp³-hybridized carbons (Fsp3) is 0.600. The van der Waals surface area contributed by atoms with E-state index in [0.29, 0.717) is 13.0 Å². The number of carbonyl (C=O) groups excluding carboxylic acids is 2. The van der Waals surface area contributed by atoms with Crippen LogP contribution in [0.15, 0.2) is 0 Å². The van der Waals surface area contributed by atoms with Crippen molar-refractivity contribution in [2.24, 2.45) is 11.5 Å². The van der Waals surface area contributed by atoms with E-state index in [1.54, 1.807) is 0 Å². The highest BCUT2D eigenvalue weighted by molar-refractivity contribution is 6.27. The maximum Gasteiger partial charge on any atom is 0.211 e. The number of aldehydes is 1. The predicted octanol–water partition coefficient (Wildman–Crippen LogP) is -1.57. The van der Waals surface area contributed by atoms with Crippen molar-refractivity contribution in [1.29, 1.82) is 0 Å². The first-order chi connectivity index (χ1) is 4.22. The minimum atomic E-state index is -0.701. The molecule has 0 aliphatic rings. The number of ketones is 1. The summed E-state index contributed by atoms with van der Waals surface area (Å²) in [4.78, 5) is 20.1. The van der Waals surface area contributed by atoms with Gasteiger partial charge in [-0.05, 0) is 13.0 Å². The molecule has 0 aliphatic heterocycles. The highest BCUT2D eigenvalue weighted by Crippen LogP contribution is 1.83. The summed E-state index contributed by atoms with van der Waals surface area (Å²) in [6, 6.07) is -0.701. The average molecular weight is 130 g/mol. The quantitative estimate of drug-likeness (QED) is 0.355.